The summed E-state index contributed by atoms with van der Waals surface area (Å²) in [7, 11) is 1.79. The van der Waals surface area contributed by atoms with Gasteiger partial charge in [-0.3, -0.25) is 4.99 Å². The Bertz CT molecular complexity index is 550. The molecule has 24 heavy (non-hydrogen) atoms. The molecule has 5 nitrogen and oxygen atoms in total. The van der Waals surface area contributed by atoms with Crippen molar-refractivity contribution in [2.24, 2.45) is 4.99 Å². The third-order valence-corrected chi connectivity index (χ3v) is 4.60. The number of fused-ring (bicyclic) bond motifs is 2. The highest BCUT2D eigenvalue weighted by Crippen LogP contribution is 2.34. The first-order chi connectivity index (χ1) is 11.7. The van der Waals surface area contributed by atoms with Gasteiger partial charge in [-0.2, -0.15) is 0 Å². The van der Waals surface area contributed by atoms with Crippen molar-refractivity contribution in [3.05, 3.63) is 30.1 Å². The van der Waals surface area contributed by atoms with E-state index in [-0.39, 0.29) is 5.82 Å². The van der Waals surface area contributed by atoms with Gasteiger partial charge < -0.3 is 20.1 Å². The molecule has 2 saturated heterocycles. The lowest BCUT2D eigenvalue weighted by Gasteiger charge is -2.22. The Labute approximate surface area is 142 Å². The van der Waals surface area contributed by atoms with Crippen molar-refractivity contribution in [3.63, 3.8) is 0 Å². The van der Waals surface area contributed by atoms with Crippen LogP contribution in [0, 0.1) is 5.82 Å². The molecule has 0 aliphatic carbocycles. The summed E-state index contributed by atoms with van der Waals surface area (Å²) >= 11 is 0. The number of nitrogens with one attached hydrogen (secondary N) is 2. The SMILES string of the molecule is CN=C(NCCCCOc1ccc(F)cc1)NC1CC2CCC1O2. The van der Waals surface area contributed by atoms with E-state index < -0.39 is 0 Å². The largest absolute Gasteiger partial charge is 0.494 e. The van der Waals surface area contributed by atoms with Gasteiger partial charge >= 0.3 is 0 Å². The summed E-state index contributed by atoms with van der Waals surface area (Å²) in [6.45, 7) is 1.47. The fraction of sp³-hybridized carbons (Fsp3) is 0.611. The van der Waals surface area contributed by atoms with Gasteiger partial charge in [0.05, 0.1) is 24.9 Å². The highest BCUT2D eigenvalue weighted by Gasteiger charge is 2.41. The number of aliphatic imine (C=N–C) groups is 1. The summed E-state index contributed by atoms with van der Waals surface area (Å²) in [5, 5.41) is 6.81. The maximum absolute atomic E-state index is 12.8. The topological polar surface area (TPSA) is 54.9 Å². The molecule has 3 unspecified atom stereocenters. The van der Waals surface area contributed by atoms with Gasteiger partial charge in [0, 0.05) is 13.6 Å². The summed E-state index contributed by atoms with van der Waals surface area (Å²) in [4.78, 5) is 4.28. The molecule has 3 atom stereocenters. The molecule has 2 bridgehead atoms. The van der Waals surface area contributed by atoms with E-state index in [0.29, 0.717) is 30.6 Å². The quantitative estimate of drug-likeness (QED) is 0.457. The van der Waals surface area contributed by atoms with Crippen molar-refractivity contribution in [1.29, 1.82) is 0 Å². The van der Waals surface area contributed by atoms with Gasteiger partial charge in [-0.1, -0.05) is 0 Å². The van der Waals surface area contributed by atoms with Gasteiger partial charge in [-0.25, -0.2) is 4.39 Å². The van der Waals surface area contributed by atoms with E-state index in [9.17, 15) is 4.39 Å². The Hall–Kier alpha value is -1.82. The fourth-order valence-electron chi connectivity index (χ4n) is 3.31. The number of hydrogen-bond donors (Lipinski definition) is 2. The minimum atomic E-state index is -0.244. The average molecular weight is 335 g/mol. The van der Waals surface area contributed by atoms with Gasteiger partial charge in [0.25, 0.3) is 0 Å². The molecular weight excluding hydrogens is 309 g/mol. The van der Waals surface area contributed by atoms with Crippen LogP contribution < -0.4 is 15.4 Å². The second-order valence-corrected chi connectivity index (χ2v) is 6.37. The number of guanidine groups is 1. The highest BCUT2D eigenvalue weighted by molar-refractivity contribution is 5.80. The molecule has 2 heterocycles. The molecule has 3 rings (SSSR count). The van der Waals surface area contributed by atoms with Gasteiger partial charge in [-0.05, 0) is 56.4 Å². The van der Waals surface area contributed by atoms with Crippen LogP contribution in [-0.4, -0.2) is 44.4 Å². The number of benzene rings is 1. The standard InChI is InChI=1S/C18H26FN3O2/c1-20-18(22-16-12-15-8-9-17(16)24-15)21-10-2-3-11-23-14-6-4-13(19)5-7-14/h4-7,15-17H,2-3,8-12H2,1H3,(H2,20,21,22). The predicted molar refractivity (Wildman–Crippen MR) is 91.9 cm³/mol. The number of nitrogens with zero attached hydrogens (tertiary/aromatic N) is 1. The molecule has 1 aromatic carbocycles. The Balaban J connectivity index is 1.27. The molecule has 2 fully saturated rings. The highest BCUT2D eigenvalue weighted by atomic mass is 19.1. The number of rotatable bonds is 7. The Kier molecular flexibility index (Phi) is 5.91. The summed E-state index contributed by atoms with van der Waals surface area (Å²) in [6.07, 6.45) is 6.13. The lowest BCUT2D eigenvalue weighted by Crippen LogP contribution is -2.47. The zero-order valence-electron chi connectivity index (χ0n) is 14.1. The van der Waals surface area contributed by atoms with Crippen LogP contribution >= 0.6 is 0 Å². The molecule has 0 radical (unpaired) electrons. The van der Waals surface area contributed by atoms with E-state index in [2.05, 4.69) is 15.6 Å². The second kappa shape index (κ2) is 8.33. The van der Waals surface area contributed by atoms with Crippen molar-refractivity contribution in [1.82, 2.24) is 10.6 Å². The molecule has 0 spiro atoms. The van der Waals surface area contributed by atoms with Crippen LogP contribution in [0.3, 0.4) is 0 Å². The van der Waals surface area contributed by atoms with Gasteiger partial charge in [0.2, 0.25) is 0 Å². The monoisotopic (exact) mass is 335 g/mol. The van der Waals surface area contributed by atoms with Crippen molar-refractivity contribution < 1.29 is 13.9 Å². The third kappa shape index (κ3) is 4.60. The van der Waals surface area contributed by atoms with Crippen molar-refractivity contribution in [2.75, 3.05) is 20.2 Å². The Morgan fingerprint density at radius 2 is 2.12 bits per heavy atom. The molecule has 0 amide bonds. The molecule has 0 saturated carbocycles. The summed E-state index contributed by atoms with van der Waals surface area (Å²) in [6, 6.07) is 6.50. The van der Waals surface area contributed by atoms with E-state index in [1.54, 1.807) is 19.2 Å². The Morgan fingerprint density at radius 3 is 2.79 bits per heavy atom. The number of ether oxygens (including phenoxy) is 2. The van der Waals surface area contributed by atoms with E-state index >= 15 is 0 Å². The number of halogens is 1. The second-order valence-electron chi connectivity index (χ2n) is 6.37. The number of hydrogen-bond acceptors (Lipinski definition) is 3. The minimum absolute atomic E-state index is 0.244. The molecule has 1 aromatic rings. The van der Waals surface area contributed by atoms with Crippen LogP contribution in [0.4, 0.5) is 4.39 Å². The minimum Gasteiger partial charge on any atom is -0.494 e. The van der Waals surface area contributed by atoms with Crippen molar-refractivity contribution >= 4 is 5.96 Å². The van der Waals surface area contributed by atoms with Crippen LogP contribution in [-0.2, 0) is 4.74 Å². The normalized spacial score (nSPS) is 25.8. The van der Waals surface area contributed by atoms with Crippen LogP contribution in [0.25, 0.3) is 0 Å². The van der Waals surface area contributed by atoms with Gasteiger partial charge in [0.15, 0.2) is 5.96 Å². The molecule has 2 aliphatic rings. The van der Waals surface area contributed by atoms with Crippen molar-refractivity contribution in [3.8, 4) is 5.75 Å². The van der Waals surface area contributed by atoms with Crippen LogP contribution in [0.15, 0.2) is 29.3 Å². The third-order valence-electron chi connectivity index (χ3n) is 4.60. The summed E-state index contributed by atoms with van der Waals surface area (Å²) < 4.78 is 24.2. The van der Waals surface area contributed by atoms with Crippen LogP contribution in [0.1, 0.15) is 32.1 Å². The molecular formula is C18H26FN3O2. The van der Waals surface area contributed by atoms with Crippen LogP contribution in [0.2, 0.25) is 0 Å². The lowest BCUT2D eigenvalue weighted by atomic mass is 9.96. The lowest BCUT2D eigenvalue weighted by molar-refractivity contribution is 0.0992. The zero-order valence-corrected chi connectivity index (χ0v) is 14.1. The van der Waals surface area contributed by atoms with Gasteiger partial charge in [-0.15, -0.1) is 0 Å². The first-order valence-electron chi connectivity index (χ1n) is 8.75. The smallest absolute Gasteiger partial charge is 0.191 e. The molecule has 6 heteroatoms. The van der Waals surface area contributed by atoms with Crippen LogP contribution in [0.5, 0.6) is 5.75 Å². The van der Waals surface area contributed by atoms with E-state index in [1.165, 1.54) is 18.6 Å². The zero-order chi connectivity index (χ0) is 16.8. The first kappa shape index (κ1) is 17.0. The van der Waals surface area contributed by atoms with E-state index in [0.717, 1.165) is 38.2 Å². The summed E-state index contributed by atoms with van der Waals surface area (Å²) in [5.41, 5.74) is 0. The van der Waals surface area contributed by atoms with Gasteiger partial charge in [0.1, 0.15) is 11.6 Å². The maximum atomic E-state index is 12.8. The van der Waals surface area contributed by atoms with Crippen molar-refractivity contribution in [2.45, 2.75) is 50.4 Å². The van der Waals surface area contributed by atoms with E-state index in [1.807, 2.05) is 0 Å². The molecule has 2 aliphatic heterocycles. The van der Waals surface area contributed by atoms with E-state index in [4.69, 9.17) is 9.47 Å². The first-order valence-corrected chi connectivity index (χ1v) is 8.75. The molecule has 132 valence electrons. The number of unbranched alkanes of at least 4 members (excludes halogenated alkanes) is 1. The summed E-state index contributed by atoms with van der Waals surface area (Å²) in [5.74, 6) is 1.31. The Morgan fingerprint density at radius 1 is 1.29 bits per heavy atom. The fourth-order valence-corrected chi connectivity index (χ4v) is 3.31. The molecule has 0 aromatic heterocycles. The maximum Gasteiger partial charge on any atom is 0.191 e. The molecule has 2 N–H and O–H groups in total. The predicted octanol–water partition coefficient (Wildman–Crippen LogP) is 2.47. The average Bonchev–Trinajstić information content (AvgIpc) is 3.21.